The molecule has 27 heavy (non-hydrogen) atoms. The molecule has 2 amide bonds. The van der Waals surface area contributed by atoms with Crippen molar-refractivity contribution in [2.24, 2.45) is 4.99 Å². The maximum atomic E-state index is 13.2. The molecule has 0 radical (unpaired) electrons. The number of aliphatic imine (C=N–C) groups is 1. The van der Waals surface area contributed by atoms with Gasteiger partial charge in [-0.15, -0.1) is 0 Å². The predicted molar refractivity (Wildman–Crippen MR) is 91.1 cm³/mol. The standard InChI is InChI=1S/C17H16F3N5O2/c1-16(24-9-4-5-10-11(6-9)15(27)23-14(10)26)21-7-12(17(18,19)20)13(25-16)22-8-2-3-8/h4-8,22,24-25H,2-3H2,1H3,(H,23,26,27). The van der Waals surface area contributed by atoms with Gasteiger partial charge in [0.25, 0.3) is 11.8 Å². The van der Waals surface area contributed by atoms with Crippen molar-refractivity contribution in [2.75, 3.05) is 5.32 Å². The Morgan fingerprint density at radius 1 is 1.19 bits per heavy atom. The number of amides is 2. The van der Waals surface area contributed by atoms with Crippen LogP contribution in [0.4, 0.5) is 18.9 Å². The van der Waals surface area contributed by atoms with E-state index in [0.29, 0.717) is 5.69 Å². The maximum absolute atomic E-state index is 13.2. The lowest BCUT2D eigenvalue weighted by molar-refractivity contribution is -0.0875. The molecule has 10 heteroatoms. The number of nitrogens with one attached hydrogen (secondary N) is 4. The van der Waals surface area contributed by atoms with Crippen LogP contribution in [-0.2, 0) is 0 Å². The SMILES string of the molecule is CC1(Nc2ccc3c(c2)C(=O)NC3=O)N=CC(C(F)(F)F)=C(NC2CC2)N1. The largest absolute Gasteiger partial charge is 0.421 e. The summed E-state index contributed by atoms with van der Waals surface area (Å²) < 4.78 is 39.7. The van der Waals surface area contributed by atoms with Gasteiger partial charge in [-0.25, -0.2) is 4.99 Å². The number of benzene rings is 1. The molecule has 2 heterocycles. The molecule has 1 unspecified atom stereocenters. The van der Waals surface area contributed by atoms with E-state index in [4.69, 9.17) is 0 Å². The number of halogens is 3. The average Bonchev–Trinajstić information content (AvgIpc) is 3.32. The summed E-state index contributed by atoms with van der Waals surface area (Å²) in [7, 11) is 0. The maximum Gasteiger partial charge on any atom is 0.421 e. The molecule has 1 fully saturated rings. The highest BCUT2D eigenvalue weighted by Crippen LogP contribution is 2.32. The fraction of sp³-hybridized carbons (Fsp3) is 0.353. The van der Waals surface area contributed by atoms with Crippen LogP contribution in [-0.4, -0.2) is 36.0 Å². The summed E-state index contributed by atoms with van der Waals surface area (Å²) in [6.07, 6.45) is -2.13. The van der Waals surface area contributed by atoms with Crippen molar-refractivity contribution in [3.8, 4) is 0 Å². The Kier molecular flexibility index (Phi) is 3.69. The number of nitrogens with zero attached hydrogens (tertiary/aromatic N) is 1. The third-order valence-corrected chi connectivity index (χ3v) is 4.44. The fourth-order valence-electron chi connectivity index (χ4n) is 2.95. The minimum absolute atomic E-state index is 0.00954. The number of hydrogen-bond donors (Lipinski definition) is 4. The molecule has 7 nitrogen and oxygen atoms in total. The topological polar surface area (TPSA) is 94.6 Å². The Morgan fingerprint density at radius 2 is 1.89 bits per heavy atom. The summed E-state index contributed by atoms with van der Waals surface area (Å²) >= 11 is 0. The Hall–Kier alpha value is -3.04. The summed E-state index contributed by atoms with van der Waals surface area (Å²) in [6.45, 7) is 1.57. The Morgan fingerprint density at radius 3 is 2.56 bits per heavy atom. The average molecular weight is 379 g/mol. The van der Waals surface area contributed by atoms with E-state index in [9.17, 15) is 22.8 Å². The van der Waals surface area contributed by atoms with E-state index in [0.717, 1.165) is 19.1 Å². The van der Waals surface area contributed by atoms with Gasteiger partial charge in [-0.2, -0.15) is 13.2 Å². The molecule has 1 aromatic carbocycles. The van der Waals surface area contributed by atoms with E-state index >= 15 is 0 Å². The number of imide groups is 1. The van der Waals surface area contributed by atoms with Gasteiger partial charge in [0, 0.05) is 17.9 Å². The molecule has 1 aliphatic carbocycles. The lowest BCUT2D eigenvalue weighted by atomic mass is 10.1. The van der Waals surface area contributed by atoms with E-state index in [2.05, 4.69) is 26.3 Å². The molecule has 4 rings (SSSR count). The van der Waals surface area contributed by atoms with Crippen LogP contribution in [0.25, 0.3) is 0 Å². The summed E-state index contributed by atoms with van der Waals surface area (Å²) in [5.74, 6) is -2.39. The van der Waals surface area contributed by atoms with Gasteiger partial charge < -0.3 is 16.0 Å². The van der Waals surface area contributed by atoms with Gasteiger partial charge in [0.2, 0.25) is 5.79 Å². The van der Waals surface area contributed by atoms with Crippen LogP contribution in [0.15, 0.2) is 34.6 Å². The number of rotatable bonds is 4. The molecule has 0 saturated heterocycles. The van der Waals surface area contributed by atoms with Gasteiger partial charge in [-0.05, 0) is 38.0 Å². The highest BCUT2D eigenvalue weighted by molar-refractivity contribution is 6.21. The van der Waals surface area contributed by atoms with Gasteiger partial charge in [0.15, 0.2) is 0 Å². The third-order valence-electron chi connectivity index (χ3n) is 4.44. The third kappa shape index (κ3) is 3.34. The zero-order valence-electron chi connectivity index (χ0n) is 14.2. The predicted octanol–water partition coefficient (Wildman–Crippen LogP) is 1.86. The first-order chi connectivity index (χ1) is 12.6. The summed E-state index contributed by atoms with van der Waals surface area (Å²) in [4.78, 5) is 27.4. The molecule has 2 aliphatic heterocycles. The van der Waals surface area contributed by atoms with Crippen molar-refractivity contribution >= 4 is 23.7 Å². The second-order valence-corrected chi connectivity index (χ2v) is 6.83. The second-order valence-electron chi connectivity index (χ2n) is 6.83. The molecular weight excluding hydrogens is 363 g/mol. The smallest absolute Gasteiger partial charge is 0.369 e. The van der Waals surface area contributed by atoms with Crippen LogP contribution in [0.1, 0.15) is 40.5 Å². The second kappa shape index (κ2) is 5.73. The summed E-state index contributed by atoms with van der Waals surface area (Å²) in [6, 6.07) is 4.52. The van der Waals surface area contributed by atoms with Crippen molar-refractivity contribution in [1.29, 1.82) is 0 Å². The van der Waals surface area contributed by atoms with Crippen LogP contribution in [0.2, 0.25) is 0 Å². The lowest BCUT2D eigenvalue weighted by Gasteiger charge is -2.35. The molecule has 1 saturated carbocycles. The van der Waals surface area contributed by atoms with Crippen LogP contribution < -0.4 is 21.3 Å². The number of allylic oxidation sites excluding steroid dienone is 1. The minimum Gasteiger partial charge on any atom is -0.369 e. The van der Waals surface area contributed by atoms with Gasteiger partial charge in [-0.3, -0.25) is 14.9 Å². The van der Waals surface area contributed by atoms with Crippen LogP contribution in [0.5, 0.6) is 0 Å². The highest BCUT2D eigenvalue weighted by atomic mass is 19.4. The van der Waals surface area contributed by atoms with E-state index < -0.39 is 29.4 Å². The monoisotopic (exact) mass is 379 g/mol. The van der Waals surface area contributed by atoms with Gasteiger partial charge in [-0.1, -0.05) is 0 Å². The molecule has 0 spiro atoms. The normalized spacial score (nSPS) is 24.4. The zero-order chi connectivity index (χ0) is 19.4. The minimum atomic E-state index is -4.54. The van der Waals surface area contributed by atoms with Crippen molar-refractivity contribution in [2.45, 2.75) is 37.8 Å². The lowest BCUT2D eigenvalue weighted by Crippen LogP contribution is -2.53. The molecule has 0 bridgehead atoms. The summed E-state index contributed by atoms with van der Waals surface area (Å²) in [5, 5.41) is 10.8. The molecule has 1 aromatic rings. The first-order valence-electron chi connectivity index (χ1n) is 8.34. The Bertz CT molecular complexity index is 904. The van der Waals surface area contributed by atoms with Crippen LogP contribution >= 0.6 is 0 Å². The van der Waals surface area contributed by atoms with Crippen molar-refractivity contribution < 1.29 is 22.8 Å². The molecule has 0 aromatic heterocycles. The molecular formula is C17H16F3N5O2. The zero-order valence-corrected chi connectivity index (χ0v) is 14.2. The van der Waals surface area contributed by atoms with Crippen LogP contribution in [0, 0.1) is 0 Å². The number of carbonyl (C=O) groups is 2. The van der Waals surface area contributed by atoms with E-state index in [-0.39, 0.29) is 23.0 Å². The molecule has 142 valence electrons. The van der Waals surface area contributed by atoms with E-state index in [1.807, 2.05) is 0 Å². The summed E-state index contributed by atoms with van der Waals surface area (Å²) in [5.41, 5.74) is 0.0296. The Balaban J connectivity index is 1.59. The van der Waals surface area contributed by atoms with Crippen molar-refractivity contribution in [1.82, 2.24) is 16.0 Å². The molecule has 4 N–H and O–H groups in total. The first-order valence-corrected chi connectivity index (χ1v) is 8.34. The van der Waals surface area contributed by atoms with Crippen molar-refractivity contribution in [3.63, 3.8) is 0 Å². The molecule has 1 atom stereocenters. The van der Waals surface area contributed by atoms with E-state index in [1.165, 1.54) is 12.1 Å². The van der Waals surface area contributed by atoms with Gasteiger partial charge >= 0.3 is 6.18 Å². The number of hydrogen-bond acceptors (Lipinski definition) is 6. The first kappa shape index (κ1) is 17.4. The fourth-order valence-corrected chi connectivity index (χ4v) is 2.95. The van der Waals surface area contributed by atoms with E-state index in [1.54, 1.807) is 13.0 Å². The number of fused-ring (bicyclic) bond motifs is 1. The quantitative estimate of drug-likeness (QED) is 0.599. The number of anilines is 1. The number of alkyl halides is 3. The number of carbonyl (C=O) groups excluding carboxylic acids is 2. The highest BCUT2D eigenvalue weighted by Gasteiger charge is 2.42. The van der Waals surface area contributed by atoms with Crippen molar-refractivity contribution in [3.05, 3.63) is 40.7 Å². The van der Waals surface area contributed by atoms with Crippen LogP contribution in [0.3, 0.4) is 0 Å². The Labute approximate surface area is 152 Å². The van der Waals surface area contributed by atoms with Gasteiger partial charge in [0.05, 0.1) is 11.1 Å². The van der Waals surface area contributed by atoms with Gasteiger partial charge in [0.1, 0.15) is 11.4 Å². The molecule has 3 aliphatic rings.